The summed E-state index contributed by atoms with van der Waals surface area (Å²) < 4.78 is 0. The summed E-state index contributed by atoms with van der Waals surface area (Å²) >= 11 is 5.10. The molecular formula is C14H23N3S. The number of hydrogen-bond acceptors (Lipinski definition) is 3. The molecule has 2 N–H and O–H groups in total. The highest BCUT2D eigenvalue weighted by molar-refractivity contribution is 7.80. The van der Waals surface area contributed by atoms with Gasteiger partial charge in [-0.3, -0.25) is 9.88 Å². The van der Waals surface area contributed by atoms with Crippen LogP contribution in [0.2, 0.25) is 0 Å². The molecule has 3 nitrogen and oxygen atoms in total. The lowest BCUT2D eigenvalue weighted by Gasteiger charge is -2.28. The molecule has 0 fully saturated rings. The highest BCUT2D eigenvalue weighted by Crippen LogP contribution is 2.21. The summed E-state index contributed by atoms with van der Waals surface area (Å²) in [6.07, 6.45) is 4.66. The minimum absolute atomic E-state index is 0.0685. The molecule has 18 heavy (non-hydrogen) atoms. The van der Waals surface area contributed by atoms with Gasteiger partial charge in [0, 0.05) is 24.4 Å². The number of thiocarbonyl (C=S) groups is 1. The first-order valence-corrected chi connectivity index (χ1v) is 6.77. The summed E-state index contributed by atoms with van der Waals surface area (Å²) in [6, 6.07) is 4.11. The average molecular weight is 265 g/mol. The third-order valence-corrected chi connectivity index (χ3v) is 3.88. The predicted octanol–water partition coefficient (Wildman–Crippen LogP) is 2.61. The number of pyridine rings is 1. The van der Waals surface area contributed by atoms with Crippen molar-refractivity contribution >= 4 is 17.2 Å². The molecule has 0 aromatic carbocycles. The van der Waals surface area contributed by atoms with Crippen LogP contribution < -0.4 is 5.73 Å². The van der Waals surface area contributed by atoms with Crippen LogP contribution in [0.15, 0.2) is 24.5 Å². The van der Waals surface area contributed by atoms with Gasteiger partial charge in [-0.05, 0) is 37.2 Å². The lowest BCUT2D eigenvalue weighted by atomic mass is 9.89. The molecule has 0 saturated heterocycles. The van der Waals surface area contributed by atoms with Gasteiger partial charge in [0.1, 0.15) is 0 Å². The fourth-order valence-corrected chi connectivity index (χ4v) is 1.76. The van der Waals surface area contributed by atoms with Crippen molar-refractivity contribution in [1.82, 2.24) is 9.88 Å². The van der Waals surface area contributed by atoms with Crippen LogP contribution in [0.4, 0.5) is 0 Å². The van der Waals surface area contributed by atoms with Crippen molar-refractivity contribution in [3.8, 4) is 0 Å². The summed E-state index contributed by atoms with van der Waals surface area (Å²) in [4.78, 5) is 7.03. The van der Waals surface area contributed by atoms with Gasteiger partial charge in [0.05, 0.1) is 4.99 Å². The van der Waals surface area contributed by atoms with Gasteiger partial charge in [-0.25, -0.2) is 0 Å². The quantitative estimate of drug-likeness (QED) is 0.770. The molecule has 0 amide bonds. The van der Waals surface area contributed by atoms with Crippen molar-refractivity contribution in [3.63, 3.8) is 0 Å². The van der Waals surface area contributed by atoms with Crippen LogP contribution in [0, 0.1) is 5.41 Å². The Morgan fingerprint density at radius 3 is 2.50 bits per heavy atom. The van der Waals surface area contributed by atoms with E-state index in [-0.39, 0.29) is 5.41 Å². The maximum Gasteiger partial charge on any atom is 0.0784 e. The Morgan fingerprint density at radius 2 is 2.00 bits per heavy atom. The normalized spacial score (nSPS) is 11.8. The maximum atomic E-state index is 5.76. The van der Waals surface area contributed by atoms with Gasteiger partial charge >= 0.3 is 0 Å². The number of nitrogens with zero attached hydrogens (tertiary/aromatic N) is 2. The van der Waals surface area contributed by atoms with Crippen molar-refractivity contribution in [2.24, 2.45) is 11.1 Å². The number of rotatable bonds is 7. The smallest absolute Gasteiger partial charge is 0.0784 e. The Balaban J connectivity index is 2.51. The predicted molar refractivity (Wildman–Crippen MR) is 80.4 cm³/mol. The molecular weight excluding hydrogens is 242 g/mol. The molecule has 100 valence electrons. The van der Waals surface area contributed by atoms with E-state index in [1.165, 1.54) is 5.56 Å². The van der Waals surface area contributed by atoms with E-state index in [9.17, 15) is 0 Å². The summed E-state index contributed by atoms with van der Waals surface area (Å²) in [5, 5.41) is 0. The van der Waals surface area contributed by atoms with Crippen LogP contribution in [-0.4, -0.2) is 28.0 Å². The molecule has 1 heterocycles. The molecule has 0 unspecified atom stereocenters. The maximum absolute atomic E-state index is 5.76. The minimum atomic E-state index is -0.0685. The monoisotopic (exact) mass is 265 g/mol. The molecule has 0 aliphatic rings. The summed E-state index contributed by atoms with van der Waals surface area (Å²) in [5.74, 6) is 0. The zero-order valence-electron chi connectivity index (χ0n) is 11.5. The van der Waals surface area contributed by atoms with Gasteiger partial charge in [0.25, 0.3) is 0 Å². The highest BCUT2D eigenvalue weighted by Gasteiger charge is 2.21. The highest BCUT2D eigenvalue weighted by atomic mass is 32.1. The molecule has 0 spiro atoms. The van der Waals surface area contributed by atoms with Crippen LogP contribution in [0.3, 0.4) is 0 Å². The summed E-state index contributed by atoms with van der Waals surface area (Å²) in [7, 11) is 0. The van der Waals surface area contributed by atoms with Crippen molar-refractivity contribution < 1.29 is 0 Å². The number of aromatic nitrogens is 1. The molecule has 1 aromatic rings. The Kier molecular flexibility index (Phi) is 5.69. The zero-order valence-corrected chi connectivity index (χ0v) is 12.3. The van der Waals surface area contributed by atoms with E-state index in [0.29, 0.717) is 4.99 Å². The molecule has 0 aliphatic carbocycles. The van der Waals surface area contributed by atoms with Gasteiger partial charge < -0.3 is 5.73 Å². The zero-order chi connectivity index (χ0) is 13.6. The molecule has 0 saturated carbocycles. The Hall–Kier alpha value is -1.00. The minimum Gasteiger partial charge on any atom is -0.393 e. The SMILES string of the molecule is CCN(CCC(C)(C)C(N)=S)Cc1ccncc1. The van der Waals surface area contributed by atoms with Crippen LogP contribution in [-0.2, 0) is 6.54 Å². The Morgan fingerprint density at radius 1 is 1.39 bits per heavy atom. The second kappa shape index (κ2) is 6.81. The van der Waals surface area contributed by atoms with Crippen molar-refractivity contribution in [2.45, 2.75) is 33.7 Å². The molecule has 0 bridgehead atoms. The molecule has 0 aliphatic heterocycles. The lowest BCUT2D eigenvalue weighted by molar-refractivity contribution is 0.249. The van der Waals surface area contributed by atoms with Crippen molar-refractivity contribution in [3.05, 3.63) is 30.1 Å². The first-order chi connectivity index (χ1) is 8.45. The third kappa shape index (κ3) is 4.70. The van der Waals surface area contributed by atoms with E-state index >= 15 is 0 Å². The summed E-state index contributed by atoms with van der Waals surface area (Å²) in [5.41, 5.74) is 6.98. The fourth-order valence-electron chi connectivity index (χ4n) is 1.66. The molecule has 0 radical (unpaired) electrons. The van der Waals surface area contributed by atoms with Crippen LogP contribution in [0.1, 0.15) is 32.8 Å². The van der Waals surface area contributed by atoms with Crippen LogP contribution in [0.5, 0.6) is 0 Å². The van der Waals surface area contributed by atoms with E-state index in [4.69, 9.17) is 18.0 Å². The first kappa shape index (κ1) is 15.1. The van der Waals surface area contributed by atoms with E-state index in [2.05, 4.69) is 42.8 Å². The van der Waals surface area contributed by atoms with Crippen LogP contribution in [0.25, 0.3) is 0 Å². The van der Waals surface area contributed by atoms with E-state index < -0.39 is 0 Å². The fraction of sp³-hybridized carbons (Fsp3) is 0.571. The number of nitrogens with two attached hydrogens (primary N) is 1. The van der Waals surface area contributed by atoms with Gasteiger partial charge in [0.15, 0.2) is 0 Å². The number of hydrogen-bond donors (Lipinski definition) is 1. The topological polar surface area (TPSA) is 42.1 Å². The van der Waals surface area contributed by atoms with Crippen molar-refractivity contribution in [2.75, 3.05) is 13.1 Å². The Bertz CT molecular complexity index is 376. The first-order valence-electron chi connectivity index (χ1n) is 6.37. The van der Waals surface area contributed by atoms with Gasteiger partial charge in [0.2, 0.25) is 0 Å². The van der Waals surface area contributed by atoms with Gasteiger partial charge in [-0.2, -0.15) is 0 Å². The van der Waals surface area contributed by atoms with E-state index in [1.807, 2.05) is 12.4 Å². The van der Waals surface area contributed by atoms with E-state index in [0.717, 1.165) is 26.1 Å². The molecule has 0 atom stereocenters. The van der Waals surface area contributed by atoms with E-state index in [1.54, 1.807) is 0 Å². The second-order valence-electron chi connectivity index (χ2n) is 5.22. The largest absolute Gasteiger partial charge is 0.393 e. The molecule has 4 heteroatoms. The standard InChI is InChI=1S/C14H23N3S/c1-4-17(10-7-14(2,3)13(15)18)11-12-5-8-16-9-6-12/h5-6,8-9H,4,7,10-11H2,1-3H3,(H2,15,18). The average Bonchev–Trinajstić information content (AvgIpc) is 2.35. The Labute approximate surface area is 115 Å². The molecule has 1 rings (SSSR count). The van der Waals surface area contributed by atoms with Gasteiger partial charge in [-0.15, -0.1) is 0 Å². The molecule has 1 aromatic heterocycles. The van der Waals surface area contributed by atoms with Gasteiger partial charge in [-0.1, -0.05) is 33.0 Å². The third-order valence-electron chi connectivity index (χ3n) is 3.32. The summed E-state index contributed by atoms with van der Waals surface area (Å²) in [6.45, 7) is 9.37. The second-order valence-corrected chi connectivity index (χ2v) is 5.66. The van der Waals surface area contributed by atoms with Crippen molar-refractivity contribution in [1.29, 1.82) is 0 Å². The van der Waals surface area contributed by atoms with Crippen LogP contribution >= 0.6 is 12.2 Å². The lowest BCUT2D eigenvalue weighted by Crippen LogP contribution is -2.34.